The Balaban J connectivity index is 1.57. The lowest BCUT2D eigenvalue weighted by atomic mass is 9.88. The zero-order valence-corrected chi connectivity index (χ0v) is 17.4. The minimum atomic E-state index is -3.42. The van der Waals surface area contributed by atoms with E-state index in [2.05, 4.69) is 35.8 Å². The third-order valence-electron chi connectivity index (χ3n) is 6.89. The fourth-order valence-electron chi connectivity index (χ4n) is 5.19. The van der Waals surface area contributed by atoms with Gasteiger partial charge in [0.05, 0.1) is 17.4 Å². The fourth-order valence-corrected chi connectivity index (χ4v) is 6.19. The van der Waals surface area contributed by atoms with Gasteiger partial charge in [-0.25, -0.2) is 13.8 Å². The predicted octanol–water partition coefficient (Wildman–Crippen LogP) is 2.76. The molecule has 6 nitrogen and oxygen atoms in total. The molecular formula is C21H23FN4O2S. The van der Waals surface area contributed by atoms with Gasteiger partial charge in [0.15, 0.2) is 0 Å². The highest BCUT2D eigenvalue weighted by Gasteiger charge is 2.69. The van der Waals surface area contributed by atoms with E-state index in [1.165, 1.54) is 24.7 Å². The van der Waals surface area contributed by atoms with Crippen LogP contribution in [0.5, 0.6) is 0 Å². The van der Waals surface area contributed by atoms with Crippen LogP contribution in [0.3, 0.4) is 0 Å². The van der Waals surface area contributed by atoms with Crippen molar-refractivity contribution in [3.8, 4) is 5.69 Å². The first kappa shape index (κ1) is 18.7. The van der Waals surface area contributed by atoms with Crippen LogP contribution in [0.25, 0.3) is 16.6 Å². The lowest BCUT2D eigenvalue weighted by Gasteiger charge is -2.23. The quantitative estimate of drug-likeness (QED) is 0.714. The van der Waals surface area contributed by atoms with Gasteiger partial charge in [-0.3, -0.25) is 0 Å². The van der Waals surface area contributed by atoms with Gasteiger partial charge in [0.25, 0.3) is 10.2 Å². The van der Waals surface area contributed by atoms with Gasteiger partial charge in [0.2, 0.25) is 0 Å². The summed E-state index contributed by atoms with van der Waals surface area (Å²) in [5.74, 6) is 0.488. The molecule has 2 heterocycles. The summed E-state index contributed by atoms with van der Waals surface area (Å²) in [4.78, 5) is 0. The molecule has 0 bridgehead atoms. The van der Waals surface area contributed by atoms with Crippen molar-refractivity contribution in [2.24, 2.45) is 11.8 Å². The summed E-state index contributed by atoms with van der Waals surface area (Å²) in [6.45, 7) is 5.33. The number of halogens is 1. The monoisotopic (exact) mass is 414 g/mol. The molecule has 152 valence electrons. The summed E-state index contributed by atoms with van der Waals surface area (Å²) >= 11 is 0. The van der Waals surface area contributed by atoms with Gasteiger partial charge in [-0.05, 0) is 66.3 Å². The molecule has 2 aromatic carbocycles. The van der Waals surface area contributed by atoms with Crippen LogP contribution in [-0.2, 0) is 15.6 Å². The Morgan fingerprint density at radius 1 is 1.24 bits per heavy atom. The average molecular weight is 415 g/mol. The number of hydrogen-bond donors (Lipinski definition) is 1. The molecule has 29 heavy (non-hydrogen) atoms. The van der Waals surface area contributed by atoms with E-state index in [-0.39, 0.29) is 11.2 Å². The van der Waals surface area contributed by atoms with Crippen LogP contribution >= 0.6 is 0 Å². The Kier molecular flexibility index (Phi) is 3.94. The molecule has 3 aromatic rings. The lowest BCUT2D eigenvalue weighted by molar-refractivity contribution is 0.401. The number of rotatable bonds is 4. The Labute approximate surface area is 169 Å². The fraction of sp³-hybridized carbons (Fsp3) is 0.381. The van der Waals surface area contributed by atoms with E-state index >= 15 is 0 Å². The zero-order chi connectivity index (χ0) is 20.6. The maximum Gasteiger partial charge on any atom is 0.279 e. The van der Waals surface area contributed by atoms with E-state index in [1.807, 2.05) is 10.9 Å². The van der Waals surface area contributed by atoms with Crippen molar-refractivity contribution in [2.45, 2.75) is 19.3 Å². The van der Waals surface area contributed by atoms with Crippen molar-refractivity contribution in [1.82, 2.24) is 18.8 Å². The summed E-state index contributed by atoms with van der Waals surface area (Å²) in [6.07, 6.45) is 1.82. The number of nitrogens with zero attached hydrogens (tertiary/aromatic N) is 3. The molecular weight excluding hydrogens is 391 g/mol. The molecule has 2 fully saturated rings. The maximum absolute atomic E-state index is 13.3. The highest BCUT2D eigenvalue weighted by Crippen LogP contribution is 2.65. The summed E-state index contributed by atoms with van der Waals surface area (Å²) < 4.78 is 43.7. The molecule has 0 radical (unpaired) electrons. The number of fused-ring (bicyclic) bond motifs is 2. The van der Waals surface area contributed by atoms with Gasteiger partial charge in [-0.1, -0.05) is 6.92 Å². The van der Waals surface area contributed by atoms with Gasteiger partial charge < -0.3 is 0 Å². The van der Waals surface area contributed by atoms with Crippen LogP contribution in [0.2, 0.25) is 0 Å². The Morgan fingerprint density at radius 2 is 1.97 bits per heavy atom. The second kappa shape index (κ2) is 6.10. The van der Waals surface area contributed by atoms with Crippen LogP contribution < -0.4 is 4.72 Å². The molecule has 0 unspecified atom stereocenters. The molecule has 2 aliphatic rings. The SMILES string of the molecule is CNS(=O)(=O)N1C[C@@H]2[C@@H](C)[C@]2(c2cc3cnn(-c4ccc(F)cc4)c3cc2C)C1. The number of benzene rings is 2. The Morgan fingerprint density at radius 3 is 2.66 bits per heavy atom. The minimum absolute atomic E-state index is 0.139. The predicted molar refractivity (Wildman–Crippen MR) is 110 cm³/mol. The average Bonchev–Trinajstić information content (AvgIpc) is 3.07. The summed E-state index contributed by atoms with van der Waals surface area (Å²) in [6, 6.07) is 10.5. The molecule has 8 heteroatoms. The number of nitrogens with one attached hydrogen (secondary N) is 1. The van der Waals surface area contributed by atoms with E-state index in [9.17, 15) is 12.8 Å². The first-order chi connectivity index (χ1) is 13.8. The van der Waals surface area contributed by atoms with Crippen molar-refractivity contribution in [3.05, 3.63) is 59.5 Å². The Hall–Kier alpha value is -2.29. The van der Waals surface area contributed by atoms with Crippen molar-refractivity contribution in [1.29, 1.82) is 0 Å². The molecule has 1 saturated carbocycles. The number of hydrogen-bond acceptors (Lipinski definition) is 3. The van der Waals surface area contributed by atoms with Crippen molar-refractivity contribution in [3.63, 3.8) is 0 Å². The number of aryl methyl sites for hydroxylation is 1. The smallest absolute Gasteiger partial charge is 0.233 e. The zero-order valence-electron chi connectivity index (χ0n) is 16.6. The maximum atomic E-state index is 13.3. The molecule has 1 aliphatic carbocycles. The molecule has 1 saturated heterocycles. The third-order valence-corrected chi connectivity index (χ3v) is 8.37. The van der Waals surface area contributed by atoms with Crippen molar-refractivity contribution < 1.29 is 12.8 Å². The van der Waals surface area contributed by atoms with Crippen LogP contribution in [0.1, 0.15) is 18.1 Å². The van der Waals surface area contributed by atoms with Gasteiger partial charge in [0.1, 0.15) is 5.82 Å². The second-order valence-electron chi connectivity index (χ2n) is 8.20. The molecule has 1 aliphatic heterocycles. The van der Waals surface area contributed by atoms with Gasteiger partial charge in [0, 0.05) is 30.9 Å². The standard InChI is InChI=1S/C21H23FN4O2S/c1-13-8-20-15(10-24-26(20)17-6-4-16(22)5-7-17)9-18(13)21-12-25(29(27,28)23-3)11-19(21)14(21)2/h4-10,14,19,23H,11-12H2,1-3H3/t14-,19-,21+/m1/s1. The topological polar surface area (TPSA) is 67.2 Å². The van der Waals surface area contributed by atoms with Gasteiger partial charge >= 0.3 is 0 Å². The molecule has 1 N–H and O–H groups in total. The van der Waals surface area contributed by atoms with Gasteiger partial charge in [-0.15, -0.1) is 0 Å². The number of aromatic nitrogens is 2. The first-order valence-corrected chi connectivity index (χ1v) is 11.2. The summed E-state index contributed by atoms with van der Waals surface area (Å²) in [7, 11) is -1.97. The largest absolute Gasteiger partial charge is 0.279 e. The normalized spacial score (nSPS) is 26.8. The van der Waals surface area contributed by atoms with E-state index in [4.69, 9.17) is 0 Å². The van der Waals surface area contributed by atoms with Crippen LogP contribution in [0.4, 0.5) is 4.39 Å². The number of piperidine rings is 1. The van der Waals surface area contributed by atoms with Crippen molar-refractivity contribution >= 4 is 21.1 Å². The Bertz CT molecular complexity index is 1220. The van der Waals surface area contributed by atoms with Crippen molar-refractivity contribution in [2.75, 3.05) is 20.1 Å². The van der Waals surface area contributed by atoms with E-state index < -0.39 is 10.2 Å². The van der Waals surface area contributed by atoms with E-state index in [1.54, 1.807) is 16.4 Å². The molecule has 5 rings (SSSR count). The molecule has 1 aromatic heterocycles. The van der Waals surface area contributed by atoms with Gasteiger partial charge in [-0.2, -0.15) is 17.8 Å². The van der Waals surface area contributed by atoms with E-state index in [0.717, 1.165) is 22.2 Å². The van der Waals surface area contributed by atoms with E-state index in [0.29, 0.717) is 24.9 Å². The summed E-state index contributed by atoms with van der Waals surface area (Å²) in [5.41, 5.74) is 3.95. The highest BCUT2D eigenvalue weighted by molar-refractivity contribution is 7.87. The summed E-state index contributed by atoms with van der Waals surface area (Å²) in [5, 5.41) is 5.50. The highest BCUT2D eigenvalue weighted by atomic mass is 32.2. The van der Waals surface area contributed by atoms with Crippen LogP contribution in [0.15, 0.2) is 42.6 Å². The lowest BCUT2D eigenvalue weighted by Crippen LogP contribution is -2.40. The molecule has 3 atom stereocenters. The van der Waals surface area contributed by atoms with Crippen LogP contribution in [0, 0.1) is 24.6 Å². The first-order valence-electron chi connectivity index (χ1n) is 9.71. The molecule has 0 amide bonds. The molecule has 0 spiro atoms. The minimum Gasteiger partial charge on any atom is -0.233 e. The van der Waals surface area contributed by atoms with Crippen LogP contribution in [-0.4, -0.2) is 42.6 Å². The third kappa shape index (κ3) is 2.59. The second-order valence-corrected chi connectivity index (χ2v) is 10.1.